The highest BCUT2D eigenvalue weighted by Gasteiger charge is 2.39. The van der Waals surface area contributed by atoms with Crippen LogP contribution in [0.2, 0.25) is 0 Å². The number of rotatable bonds is 5. The van der Waals surface area contributed by atoms with Crippen LogP contribution in [0.3, 0.4) is 0 Å². The van der Waals surface area contributed by atoms with Gasteiger partial charge in [-0.05, 0) is 13.0 Å². The summed E-state index contributed by atoms with van der Waals surface area (Å²) in [5, 5.41) is 5.42. The summed E-state index contributed by atoms with van der Waals surface area (Å²) in [7, 11) is 1.21. The molecule has 1 aromatic carbocycles. The molecule has 0 fully saturated rings. The maximum atomic E-state index is 13.9. The van der Waals surface area contributed by atoms with Crippen molar-refractivity contribution in [1.29, 1.82) is 0 Å². The van der Waals surface area contributed by atoms with Gasteiger partial charge in [-0.3, -0.25) is 4.79 Å². The number of benzene rings is 1. The van der Waals surface area contributed by atoms with Crippen LogP contribution in [0.15, 0.2) is 28.8 Å². The zero-order valence-electron chi connectivity index (χ0n) is 12.6. The Labute approximate surface area is 133 Å². The lowest BCUT2D eigenvalue weighted by molar-refractivity contribution is -0.159. The standard InChI is InChI=1S/C14H13F4N3O3/c1-13(23-2,8-5-3-4-6-9(8)15)11(22)19-7-10-20-12(24-21-10)14(16,17)18/h3-6H,7H2,1-2H3,(H,19,22)/t13-/m0/s1. The molecule has 2 rings (SSSR count). The fourth-order valence-electron chi connectivity index (χ4n) is 1.94. The highest BCUT2D eigenvalue weighted by Crippen LogP contribution is 2.28. The molecule has 1 atom stereocenters. The molecule has 1 aromatic heterocycles. The van der Waals surface area contributed by atoms with Gasteiger partial charge in [-0.1, -0.05) is 23.4 Å². The molecule has 0 aliphatic carbocycles. The molecule has 0 saturated heterocycles. The Morgan fingerprint density at radius 1 is 1.33 bits per heavy atom. The minimum absolute atomic E-state index is 0.0194. The van der Waals surface area contributed by atoms with Crippen LogP contribution in [0.1, 0.15) is 24.2 Å². The lowest BCUT2D eigenvalue weighted by atomic mass is 9.94. The Morgan fingerprint density at radius 3 is 2.54 bits per heavy atom. The minimum Gasteiger partial charge on any atom is -0.364 e. The first-order valence-electron chi connectivity index (χ1n) is 6.66. The maximum Gasteiger partial charge on any atom is 0.471 e. The fourth-order valence-corrected chi connectivity index (χ4v) is 1.94. The molecule has 24 heavy (non-hydrogen) atoms. The number of carbonyl (C=O) groups excluding carboxylic acids is 1. The van der Waals surface area contributed by atoms with Crippen LogP contribution < -0.4 is 5.32 Å². The first-order chi connectivity index (χ1) is 11.2. The van der Waals surface area contributed by atoms with Crippen LogP contribution in [0, 0.1) is 5.82 Å². The predicted octanol–water partition coefficient (Wildman–Crippen LogP) is 2.41. The number of nitrogens with one attached hydrogen (secondary N) is 1. The number of aromatic nitrogens is 2. The third-order valence-electron chi connectivity index (χ3n) is 3.35. The monoisotopic (exact) mass is 347 g/mol. The third-order valence-corrected chi connectivity index (χ3v) is 3.35. The summed E-state index contributed by atoms with van der Waals surface area (Å²) in [6.07, 6.45) is -4.77. The molecule has 1 heterocycles. The van der Waals surface area contributed by atoms with E-state index >= 15 is 0 Å². The number of alkyl halides is 3. The van der Waals surface area contributed by atoms with E-state index < -0.39 is 35.9 Å². The summed E-state index contributed by atoms with van der Waals surface area (Å²) in [4.78, 5) is 15.4. The van der Waals surface area contributed by atoms with Crippen molar-refractivity contribution in [2.45, 2.75) is 25.2 Å². The van der Waals surface area contributed by atoms with Crippen molar-refractivity contribution in [3.8, 4) is 0 Å². The van der Waals surface area contributed by atoms with Gasteiger partial charge in [-0.15, -0.1) is 0 Å². The molecule has 0 aliphatic rings. The van der Waals surface area contributed by atoms with Gasteiger partial charge >= 0.3 is 12.1 Å². The molecular formula is C14H13F4N3O3. The number of hydrogen-bond acceptors (Lipinski definition) is 5. The fraction of sp³-hybridized carbons (Fsp3) is 0.357. The second-order valence-corrected chi connectivity index (χ2v) is 4.91. The van der Waals surface area contributed by atoms with E-state index in [2.05, 4.69) is 20.0 Å². The molecule has 0 unspecified atom stereocenters. The third kappa shape index (κ3) is 3.53. The van der Waals surface area contributed by atoms with Crippen LogP contribution in [0.5, 0.6) is 0 Å². The average Bonchev–Trinajstić information content (AvgIpc) is 3.01. The van der Waals surface area contributed by atoms with Gasteiger partial charge in [0.1, 0.15) is 5.82 Å². The lowest BCUT2D eigenvalue weighted by Crippen LogP contribution is -2.44. The molecule has 2 aromatic rings. The molecule has 1 N–H and O–H groups in total. The number of amides is 1. The van der Waals surface area contributed by atoms with Gasteiger partial charge in [-0.25, -0.2) is 4.39 Å². The van der Waals surface area contributed by atoms with Gasteiger partial charge in [-0.2, -0.15) is 18.2 Å². The van der Waals surface area contributed by atoms with E-state index in [0.29, 0.717) is 0 Å². The number of hydrogen-bond donors (Lipinski definition) is 1. The molecule has 0 spiro atoms. The van der Waals surface area contributed by atoms with E-state index in [4.69, 9.17) is 4.74 Å². The molecule has 130 valence electrons. The summed E-state index contributed by atoms with van der Waals surface area (Å²) in [5.74, 6) is -3.32. The van der Waals surface area contributed by atoms with Crippen LogP contribution in [0.25, 0.3) is 0 Å². The Morgan fingerprint density at radius 2 is 2.00 bits per heavy atom. The van der Waals surface area contributed by atoms with Gasteiger partial charge < -0.3 is 14.6 Å². The number of nitrogens with zero attached hydrogens (tertiary/aromatic N) is 2. The highest BCUT2D eigenvalue weighted by molar-refractivity contribution is 5.86. The van der Waals surface area contributed by atoms with Gasteiger partial charge in [0, 0.05) is 12.7 Å². The van der Waals surface area contributed by atoms with Gasteiger partial charge in [0.2, 0.25) is 0 Å². The second-order valence-electron chi connectivity index (χ2n) is 4.91. The topological polar surface area (TPSA) is 77.2 Å². The Balaban J connectivity index is 2.13. The highest BCUT2D eigenvalue weighted by atomic mass is 19.4. The summed E-state index contributed by atoms with van der Waals surface area (Å²) >= 11 is 0. The van der Waals surface area contributed by atoms with E-state index in [0.717, 1.165) is 6.07 Å². The Bertz CT molecular complexity index is 732. The SMILES string of the molecule is CO[C@](C)(C(=O)NCc1noc(C(F)(F)F)n1)c1ccccc1F. The molecule has 0 saturated carbocycles. The number of halogens is 4. The first kappa shape index (κ1) is 17.9. The van der Waals surface area contributed by atoms with Crippen LogP contribution in [0.4, 0.5) is 17.6 Å². The van der Waals surface area contributed by atoms with Crippen molar-refractivity contribution in [1.82, 2.24) is 15.5 Å². The Kier molecular flexibility index (Phi) is 4.88. The van der Waals surface area contributed by atoms with Crippen molar-refractivity contribution >= 4 is 5.91 Å². The first-order valence-corrected chi connectivity index (χ1v) is 6.66. The Hall–Kier alpha value is -2.49. The maximum absolute atomic E-state index is 13.9. The van der Waals surface area contributed by atoms with Crippen molar-refractivity contribution in [2.75, 3.05) is 7.11 Å². The predicted molar refractivity (Wildman–Crippen MR) is 71.9 cm³/mol. The van der Waals surface area contributed by atoms with Gasteiger partial charge in [0.05, 0.1) is 6.54 Å². The number of carbonyl (C=O) groups is 1. The van der Waals surface area contributed by atoms with Crippen LogP contribution in [-0.2, 0) is 27.9 Å². The molecular weight excluding hydrogens is 334 g/mol. The normalized spacial score (nSPS) is 14.2. The second kappa shape index (κ2) is 6.56. The quantitative estimate of drug-likeness (QED) is 0.841. The molecule has 0 bridgehead atoms. The van der Waals surface area contributed by atoms with Crippen molar-refractivity contribution in [2.24, 2.45) is 0 Å². The number of methoxy groups -OCH3 is 1. The summed E-state index contributed by atoms with van der Waals surface area (Å²) in [5.41, 5.74) is -1.70. The van der Waals surface area contributed by atoms with E-state index in [9.17, 15) is 22.4 Å². The van der Waals surface area contributed by atoms with Crippen molar-refractivity contribution in [3.05, 3.63) is 47.4 Å². The molecule has 0 aliphatic heterocycles. The molecule has 0 radical (unpaired) electrons. The van der Waals surface area contributed by atoms with E-state index in [1.54, 1.807) is 0 Å². The van der Waals surface area contributed by atoms with Gasteiger partial charge in [0.25, 0.3) is 5.91 Å². The number of ether oxygens (including phenoxy) is 1. The van der Waals surface area contributed by atoms with E-state index in [1.165, 1.54) is 32.2 Å². The zero-order chi connectivity index (χ0) is 18.0. The summed E-state index contributed by atoms with van der Waals surface area (Å²) in [6.45, 7) is 0.893. The molecule has 6 nitrogen and oxygen atoms in total. The van der Waals surface area contributed by atoms with Crippen LogP contribution in [-0.4, -0.2) is 23.2 Å². The van der Waals surface area contributed by atoms with E-state index in [1.807, 2.05) is 0 Å². The molecule has 1 amide bonds. The van der Waals surface area contributed by atoms with Crippen molar-refractivity contribution < 1.29 is 31.6 Å². The summed E-state index contributed by atoms with van der Waals surface area (Å²) in [6, 6.07) is 5.51. The van der Waals surface area contributed by atoms with E-state index in [-0.39, 0.29) is 11.4 Å². The summed E-state index contributed by atoms with van der Waals surface area (Å²) < 4.78 is 60.2. The van der Waals surface area contributed by atoms with Crippen LogP contribution >= 0.6 is 0 Å². The molecule has 10 heteroatoms. The largest absolute Gasteiger partial charge is 0.471 e. The smallest absolute Gasteiger partial charge is 0.364 e. The minimum atomic E-state index is -4.77. The van der Waals surface area contributed by atoms with Crippen molar-refractivity contribution in [3.63, 3.8) is 0 Å². The van der Waals surface area contributed by atoms with Gasteiger partial charge in [0.15, 0.2) is 11.4 Å². The average molecular weight is 347 g/mol. The zero-order valence-corrected chi connectivity index (χ0v) is 12.6. The lowest BCUT2D eigenvalue weighted by Gasteiger charge is -2.27.